The minimum Gasteiger partial charge on any atom is -0.399 e. The largest absolute Gasteiger partial charge is 0.399 e. The molecule has 0 bridgehead atoms. The molecule has 112 valence electrons. The van der Waals surface area contributed by atoms with E-state index in [1.165, 1.54) is 12.1 Å². The van der Waals surface area contributed by atoms with Gasteiger partial charge in [-0.3, -0.25) is 4.72 Å². The molecule has 6 nitrogen and oxygen atoms in total. The van der Waals surface area contributed by atoms with Gasteiger partial charge in [0.25, 0.3) is 10.0 Å². The first-order valence-electron chi connectivity index (χ1n) is 6.63. The number of benzene rings is 1. The van der Waals surface area contributed by atoms with E-state index < -0.39 is 10.0 Å². The maximum Gasteiger partial charge on any atom is 0.263 e. The van der Waals surface area contributed by atoms with Crippen LogP contribution in [-0.2, 0) is 16.4 Å². The van der Waals surface area contributed by atoms with Gasteiger partial charge < -0.3 is 5.73 Å². The van der Waals surface area contributed by atoms with Gasteiger partial charge in [-0.25, -0.2) is 18.4 Å². The van der Waals surface area contributed by atoms with Gasteiger partial charge in [-0.05, 0) is 37.6 Å². The number of rotatable bonds is 5. The topological polar surface area (TPSA) is 98.0 Å². The Kier molecular flexibility index (Phi) is 4.42. The molecule has 2 aromatic rings. The maximum atomic E-state index is 12.3. The monoisotopic (exact) mass is 306 g/mol. The fraction of sp³-hybridized carbons (Fsp3) is 0.286. The maximum absolute atomic E-state index is 12.3. The summed E-state index contributed by atoms with van der Waals surface area (Å²) < 4.78 is 27.0. The second-order valence-electron chi connectivity index (χ2n) is 4.74. The second-order valence-corrected chi connectivity index (χ2v) is 6.42. The molecular formula is C14H18N4O2S. The van der Waals surface area contributed by atoms with E-state index in [1.54, 1.807) is 18.2 Å². The number of aromatic nitrogens is 2. The van der Waals surface area contributed by atoms with Crippen molar-refractivity contribution in [2.24, 2.45) is 0 Å². The van der Waals surface area contributed by atoms with Crippen molar-refractivity contribution in [3.8, 4) is 0 Å². The Hall–Kier alpha value is -2.15. The molecule has 1 aromatic heterocycles. The van der Waals surface area contributed by atoms with Crippen molar-refractivity contribution < 1.29 is 8.42 Å². The van der Waals surface area contributed by atoms with Gasteiger partial charge in [-0.2, -0.15) is 0 Å². The number of hydrogen-bond donors (Lipinski definition) is 2. The average Bonchev–Trinajstić information content (AvgIpc) is 2.38. The van der Waals surface area contributed by atoms with Gasteiger partial charge in [0, 0.05) is 23.9 Å². The molecular weight excluding hydrogens is 288 g/mol. The summed E-state index contributed by atoms with van der Waals surface area (Å²) in [4.78, 5) is 8.64. The van der Waals surface area contributed by atoms with Gasteiger partial charge in [0.15, 0.2) is 0 Å². The lowest BCUT2D eigenvalue weighted by Gasteiger charge is -2.09. The lowest BCUT2D eigenvalue weighted by molar-refractivity contribution is 0.601. The molecule has 0 saturated carbocycles. The van der Waals surface area contributed by atoms with Crippen molar-refractivity contribution >= 4 is 21.5 Å². The van der Waals surface area contributed by atoms with Crippen LogP contribution in [0.2, 0.25) is 0 Å². The van der Waals surface area contributed by atoms with E-state index in [0.717, 1.165) is 12.1 Å². The molecule has 1 heterocycles. The lowest BCUT2D eigenvalue weighted by atomic mass is 10.3. The van der Waals surface area contributed by atoms with Crippen LogP contribution in [0, 0.1) is 6.92 Å². The second kappa shape index (κ2) is 6.09. The number of aryl methyl sites for hydroxylation is 2. The SMILES string of the molecule is CCCc1nc(C)cc(NS(=O)(=O)c2ccc(N)cc2)n1. The number of nitrogen functional groups attached to an aromatic ring is 1. The van der Waals surface area contributed by atoms with Crippen molar-refractivity contribution in [3.63, 3.8) is 0 Å². The molecule has 0 aliphatic carbocycles. The van der Waals surface area contributed by atoms with Crippen molar-refractivity contribution in [1.29, 1.82) is 0 Å². The fourth-order valence-electron chi connectivity index (χ4n) is 1.86. The first-order chi connectivity index (χ1) is 9.90. The Morgan fingerprint density at radius 3 is 2.48 bits per heavy atom. The Labute approximate surface area is 124 Å². The Balaban J connectivity index is 2.30. The van der Waals surface area contributed by atoms with Crippen LogP contribution in [-0.4, -0.2) is 18.4 Å². The highest BCUT2D eigenvalue weighted by Crippen LogP contribution is 2.16. The van der Waals surface area contributed by atoms with E-state index in [-0.39, 0.29) is 10.7 Å². The molecule has 21 heavy (non-hydrogen) atoms. The van der Waals surface area contributed by atoms with Crippen LogP contribution in [0.25, 0.3) is 0 Å². The first-order valence-corrected chi connectivity index (χ1v) is 8.12. The Bertz CT molecular complexity index is 727. The molecule has 3 N–H and O–H groups in total. The summed E-state index contributed by atoms with van der Waals surface area (Å²) in [5.74, 6) is 0.912. The molecule has 7 heteroatoms. The Morgan fingerprint density at radius 2 is 1.86 bits per heavy atom. The minimum atomic E-state index is -3.67. The molecule has 1 aromatic carbocycles. The molecule has 0 fully saturated rings. The standard InChI is InChI=1S/C14H18N4O2S/c1-3-4-13-16-10(2)9-14(17-13)18-21(19,20)12-7-5-11(15)6-8-12/h5-9H,3-4,15H2,1-2H3,(H,16,17,18). The highest BCUT2D eigenvalue weighted by molar-refractivity contribution is 7.92. The predicted molar refractivity (Wildman–Crippen MR) is 82.4 cm³/mol. The quantitative estimate of drug-likeness (QED) is 0.824. The minimum absolute atomic E-state index is 0.144. The van der Waals surface area contributed by atoms with Crippen molar-refractivity contribution in [2.45, 2.75) is 31.6 Å². The van der Waals surface area contributed by atoms with Gasteiger partial charge in [0.1, 0.15) is 11.6 Å². The molecule has 0 aliphatic heterocycles. The van der Waals surface area contributed by atoms with Crippen LogP contribution in [0.4, 0.5) is 11.5 Å². The smallest absolute Gasteiger partial charge is 0.263 e. The first kappa shape index (κ1) is 15.2. The molecule has 0 amide bonds. The number of hydrogen-bond acceptors (Lipinski definition) is 5. The van der Waals surface area contributed by atoms with Crippen molar-refractivity contribution in [2.75, 3.05) is 10.5 Å². The summed E-state index contributed by atoms with van der Waals surface area (Å²) >= 11 is 0. The molecule has 0 aliphatic rings. The zero-order valence-corrected chi connectivity index (χ0v) is 12.8. The van der Waals surface area contributed by atoms with Crippen molar-refractivity contribution in [1.82, 2.24) is 9.97 Å². The van der Waals surface area contributed by atoms with Crippen LogP contribution in [0.1, 0.15) is 24.9 Å². The van der Waals surface area contributed by atoms with Crippen LogP contribution >= 0.6 is 0 Å². The number of nitrogens with one attached hydrogen (secondary N) is 1. The fourth-order valence-corrected chi connectivity index (χ4v) is 2.85. The highest BCUT2D eigenvalue weighted by atomic mass is 32.2. The molecule has 2 rings (SSSR count). The number of anilines is 2. The van der Waals surface area contributed by atoms with Crippen LogP contribution in [0.15, 0.2) is 35.2 Å². The summed E-state index contributed by atoms with van der Waals surface area (Å²) in [6.45, 7) is 3.83. The van der Waals surface area contributed by atoms with Gasteiger partial charge in [-0.1, -0.05) is 6.92 Å². The third-order valence-electron chi connectivity index (χ3n) is 2.80. The van der Waals surface area contributed by atoms with E-state index in [1.807, 2.05) is 13.8 Å². The summed E-state index contributed by atoms with van der Waals surface area (Å²) in [6, 6.07) is 7.61. The van der Waals surface area contributed by atoms with E-state index in [2.05, 4.69) is 14.7 Å². The third kappa shape index (κ3) is 3.91. The summed E-state index contributed by atoms with van der Waals surface area (Å²) in [7, 11) is -3.67. The van der Waals surface area contributed by atoms with E-state index in [0.29, 0.717) is 17.9 Å². The summed E-state index contributed by atoms with van der Waals surface area (Å²) in [5, 5.41) is 0. The van der Waals surface area contributed by atoms with Gasteiger partial charge in [0.05, 0.1) is 4.90 Å². The van der Waals surface area contributed by atoms with Gasteiger partial charge in [-0.15, -0.1) is 0 Å². The Morgan fingerprint density at radius 1 is 1.19 bits per heavy atom. The average molecular weight is 306 g/mol. The molecule has 0 radical (unpaired) electrons. The summed E-state index contributed by atoms with van der Waals surface area (Å²) in [5.41, 5.74) is 6.80. The third-order valence-corrected chi connectivity index (χ3v) is 4.17. The summed E-state index contributed by atoms with van der Waals surface area (Å²) in [6.07, 6.45) is 1.60. The van der Waals surface area contributed by atoms with Crippen LogP contribution in [0.5, 0.6) is 0 Å². The van der Waals surface area contributed by atoms with Crippen LogP contribution in [0.3, 0.4) is 0 Å². The number of sulfonamides is 1. The van der Waals surface area contributed by atoms with Gasteiger partial charge >= 0.3 is 0 Å². The van der Waals surface area contributed by atoms with E-state index in [4.69, 9.17) is 5.73 Å². The van der Waals surface area contributed by atoms with E-state index >= 15 is 0 Å². The number of nitrogens with two attached hydrogens (primary N) is 1. The molecule has 0 unspecified atom stereocenters. The van der Waals surface area contributed by atoms with Crippen LogP contribution < -0.4 is 10.5 Å². The number of nitrogens with zero attached hydrogens (tertiary/aromatic N) is 2. The molecule has 0 saturated heterocycles. The highest BCUT2D eigenvalue weighted by Gasteiger charge is 2.15. The lowest BCUT2D eigenvalue weighted by Crippen LogP contribution is -2.15. The van der Waals surface area contributed by atoms with Gasteiger partial charge in [0.2, 0.25) is 0 Å². The predicted octanol–water partition coefficient (Wildman–Crippen LogP) is 2.12. The zero-order valence-electron chi connectivity index (χ0n) is 12.0. The normalized spacial score (nSPS) is 11.3. The molecule has 0 spiro atoms. The molecule has 0 atom stereocenters. The zero-order chi connectivity index (χ0) is 15.5. The van der Waals surface area contributed by atoms with E-state index in [9.17, 15) is 8.42 Å². The van der Waals surface area contributed by atoms with Crippen molar-refractivity contribution in [3.05, 3.63) is 41.9 Å².